The summed E-state index contributed by atoms with van der Waals surface area (Å²) in [5.41, 5.74) is 2.88. The van der Waals surface area contributed by atoms with Gasteiger partial charge in [0.15, 0.2) is 11.6 Å². The first kappa shape index (κ1) is 21.3. The van der Waals surface area contributed by atoms with E-state index in [4.69, 9.17) is 4.74 Å². The molecule has 0 amide bonds. The third kappa shape index (κ3) is 4.60. The Balaban J connectivity index is 1.91. The number of rotatable bonds is 7. The minimum Gasteiger partial charge on any atom is -0.478 e. The van der Waals surface area contributed by atoms with E-state index in [2.05, 4.69) is 20.1 Å². The van der Waals surface area contributed by atoms with Crippen molar-refractivity contribution in [3.05, 3.63) is 83.5 Å². The molecular formula is C26H30F2O. The lowest BCUT2D eigenvalue weighted by Gasteiger charge is -2.29. The van der Waals surface area contributed by atoms with Crippen LogP contribution in [0.2, 0.25) is 0 Å². The molecule has 1 nitrogen and oxygen atoms in total. The van der Waals surface area contributed by atoms with Crippen LogP contribution in [0, 0.1) is 24.5 Å². The second-order valence-corrected chi connectivity index (χ2v) is 8.03. The molecule has 29 heavy (non-hydrogen) atoms. The van der Waals surface area contributed by atoms with Crippen LogP contribution in [0.4, 0.5) is 8.78 Å². The minimum atomic E-state index is -0.936. The molecule has 0 bridgehead atoms. The van der Waals surface area contributed by atoms with E-state index in [-0.39, 0.29) is 11.7 Å². The monoisotopic (exact) mass is 396 g/mol. The highest BCUT2D eigenvalue weighted by molar-refractivity contribution is 5.58. The van der Waals surface area contributed by atoms with Crippen molar-refractivity contribution in [2.24, 2.45) is 5.92 Å². The highest BCUT2D eigenvalue weighted by Crippen LogP contribution is 2.41. The van der Waals surface area contributed by atoms with Gasteiger partial charge >= 0.3 is 0 Å². The largest absolute Gasteiger partial charge is 0.478 e. The summed E-state index contributed by atoms with van der Waals surface area (Å²) in [6.07, 6.45) is 7.62. The topological polar surface area (TPSA) is 9.23 Å². The first-order valence-corrected chi connectivity index (χ1v) is 10.5. The van der Waals surface area contributed by atoms with Crippen LogP contribution < -0.4 is 4.74 Å². The van der Waals surface area contributed by atoms with Crippen molar-refractivity contribution in [3.63, 3.8) is 0 Å². The van der Waals surface area contributed by atoms with Crippen molar-refractivity contribution in [1.29, 1.82) is 0 Å². The van der Waals surface area contributed by atoms with Crippen LogP contribution in [0.1, 0.15) is 73.3 Å². The second-order valence-electron chi connectivity index (χ2n) is 8.03. The summed E-state index contributed by atoms with van der Waals surface area (Å²) in [6.45, 7) is 11.8. The lowest BCUT2D eigenvalue weighted by atomic mass is 9.77. The van der Waals surface area contributed by atoms with Crippen molar-refractivity contribution < 1.29 is 13.5 Å². The number of hydrogen-bond acceptors (Lipinski definition) is 1. The van der Waals surface area contributed by atoms with Gasteiger partial charge in [-0.15, -0.1) is 0 Å². The maximum absolute atomic E-state index is 15.1. The van der Waals surface area contributed by atoms with Crippen molar-refractivity contribution in [3.8, 4) is 5.75 Å². The van der Waals surface area contributed by atoms with E-state index in [9.17, 15) is 0 Å². The SMILES string of the molecule is C=Cc1cc([C@H]2CC[C@H](CC)CC2)c(F)c(F)c1OC(C=C)c1ccc(C)cc1. The summed E-state index contributed by atoms with van der Waals surface area (Å²) < 4.78 is 36.0. The quantitative estimate of drug-likeness (QED) is 0.432. The zero-order chi connectivity index (χ0) is 21.0. The predicted molar refractivity (Wildman–Crippen MR) is 116 cm³/mol. The molecule has 0 saturated heterocycles. The Hall–Kier alpha value is -2.42. The Morgan fingerprint density at radius 1 is 1.07 bits per heavy atom. The molecule has 0 aromatic heterocycles. The number of halogens is 2. The first-order chi connectivity index (χ1) is 14.0. The van der Waals surface area contributed by atoms with Gasteiger partial charge in [0.1, 0.15) is 6.10 Å². The smallest absolute Gasteiger partial charge is 0.201 e. The van der Waals surface area contributed by atoms with Gasteiger partial charge in [0.2, 0.25) is 5.82 Å². The average molecular weight is 397 g/mol. The van der Waals surface area contributed by atoms with E-state index < -0.39 is 17.7 Å². The zero-order valence-electron chi connectivity index (χ0n) is 17.4. The van der Waals surface area contributed by atoms with E-state index in [0.717, 1.165) is 43.2 Å². The molecule has 0 heterocycles. The Kier molecular flexibility index (Phi) is 6.89. The van der Waals surface area contributed by atoms with Crippen LogP contribution in [-0.4, -0.2) is 0 Å². The maximum Gasteiger partial charge on any atom is 0.201 e. The van der Waals surface area contributed by atoms with Gasteiger partial charge in [0.05, 0.1) is 0 Å². The number of hydrogen-bond donors (Lipinski definition) is 0. The van der Waals surface area contributed by atoms with Crippen LogP contribution in [0.15, 0.2) is 49.6 Å². The van der Waals surface area contributed by atoms with E-state index in [1.54, 1.807) is 12.1 Å². The summed E-state index contributed by atoms with van der Waals surface area (Å²) in [5.74, 6) is -1.09. The fourth-order valence-corrected chi connectivity index (χ4v) is 4.24. The van der Waals surface area contributed by atoms with Gasteiger partial charge in [0, 0.05) is 5.56 Å². The van der Waals surface area contributed by atoms with Crippen molar-refractivity contribution >= 4 is 6.08 Å². The van der Waals surface area contributed by atoms with E-state index in [0.29, 0.717) is 17.0 Å². The molecule has 0 spiro atoms. The van der Waals surface area contributed by atoms with Gasteiger partial charge in [-0.3, -0.25) is 0 Å². The standard InChI is InChI=1S/C26H30F2O/c1-5-18-10-14-20(15-11-18)22-16-19(6-2)26(25(28)24(22)27)29-23(7-3)21-12-8-17(4)9-13-21/h6-9,12-13,16,18,20,23H,2-3,5,10-11,14-15H2,1,4H3/t18-,20-,23?. The van der Waals surface area contributed by atoms with Crippen molar-refractivity contribution in [2.75, 3.05) is 0 Å². The van der Waals surface area contributed by atoms with Gasteiger partial charge in [0.25, 0.3) is 0 Å². The normalized spacial score (nSPS) is 20.1. The molecule has 2 aromatic rings. The van der Waals surface area contributed by atoms with Gasteiger partial charge in [-0.25, -0.2) is 4.39 Å². The van der Waals surface area contributed by atoms with E-state index in [1.807, 2.05) is 31.2 Å². The van der Waals surface area contributed by atoms with Crippen LogP contribution in [0.5, 0.6) is 5.75 Å². The molecule has 1 fully saturated rings. The molecule has 3 heteroatoms. The second kappa shape index (κ2) is 9.39. The lowest BCUT2D eigenvalue weighted by molar-refractivity contribution is 0.238. The van der Waals surface area contributed by atoms with Gasteiger partial charge < -0.3 is 4.74 Å². The third-order valence-electron chi connectivity index (χ3n) is 6.17. The van der Waals surface area contributed by atoms with Crippen molar-refractivity contribution in [1.82, 2.24) is 0 Å². The van der Waals surface area contributed by atoms with Crippen LogP contribution in [0.25, 0.3) is 6.08 Å². The molecule has 1 aliphatic carbocycles. The highest BCUT2D eigenvalue weighted by atomic mass is 19.2. The fraction of sp³-hybridized carbons (Fsp3) is 0.385. The fourth-order valence-electron chi connectivity index (χ4n) is 4.24. The summed E-state index contributed by atoms with van der Waals surface area (Å²) >= 11 is 0. The average Bonchev–Trinajstić information content (AvgIpc) is 2.75. The molecule has 0 aliphatic heterocycles. The Morgan fingerprint density at radius 3 is 2.28 bits per heavy atom. The predicted octanol–water partition coefficient (Wildman–Crippen LogP) is 7.91. The molecule has 2 aromatic carbocycles. The zero-order valence-corrected chi connectivity index (χ0v) is 17.4. The third-order valence-corrected chi connectivity index (χ3v) is 6.17. The molecule has 1 unspecified atom stereocenters. The molecule has 3 rings (SSSR count). The Morgan fingerprint density at radius 2 is 1.72 bits per heavy atom. The minimum absolute atomic E-state index is 0.0485. The summed E-state index contributed by atoms with van der Waals surface area (Å²) in [6, 6.07) is 9.44. The number of ether oxygens (including phenoxy) is 1. The van der Waals surface area contributed by atoms with Crippen LogP contribution in [-0.2, 0) is 0 Å². The first-order valence-electron chi connectivity index (χ1n) is 10.5. The maximum atomic E-state index is 15.1. The number of benzene rings is 2. The van der Waals surface area contributed by atoms with Crippen LogP contribution in [0.3, 0.4) is 0 Å². The van der Waals surface area contributed by atoms with Gasteiger partial charge in [-0.05, 0) is 67.7 Å². The summed E-state index contributed by atoms with van der Waals surface area (Å²) in [5, 5.41) is 0. The van der Waals surface area contributed by atoms with E-state index >= 15 is 8.78 Å². The molecular weight excluding hydrogens is 366 g/mol. The Bertz CT molecular complexity index is 861. The molecule has 1 atom stereocenters. The van der Waals surface area contributed by atoms with Gasteiger partial charge in [-0.2, -0.15) is 4.39 Å². The highest BCUT2D eigenvalue weighted by Gasteiger charge is 2.28. The van der Waals surface area contributed by atoms with Crippen molar-refractivity contribution in [2.45, 2.75) is 58.0 Å². The number of aryl methyl sites for hydroxylation is 1. The Labute approximate surface area is 173 Å². The molecule has 1 aliphatic rings. The lowest BCUT2D eigenvalue weighted by Crippen LogP contribution is -2.15. The molecule has 0 N–H and O–H groups in total. The summed E-state index contributed by atoms with van der Waals surface area (Å²) in [4.78, 5) is 0. The molecule has 1 saturated carbocycles. The molecule has 0 radical (unpaired) electrons. The molecule has 154 valence electrons. The van der Waals surface area contributed by atoms with Gasteiger partial charge in [-0.1, -0.05) is 62.4 Å². The van der Waals surface area contributed by atoms with Crippen LogP contribution >= 0.6 is 0 Å². The van der Waals surface area contributed by atoms with E-state index in [1.165, 1.54) is 6.08 Å². The summed E-state index contributed by atoms with van der Waals surface area (Å²) in [7, 11) is 0.